The Balaban J connectivity index is 2.07. The monoisotopic (exact) mass is 237 g/mol. The van der Waals surface area contributed by atoms with Gasteiger partial charge < -0.3 is 5.32 Å². The molecule has 0 aromatic heterocycles. The molecule has 0 spiro atoms. The summed E-state index contributed by atoms with van der Waals surface area (Å²) in [5.41, 5.74) is 3.56. The molecule has 2 aliphatic rings. The van der Waals surface area contributed by atoms with Gasteiger partial charge in [-0.15, -0.1) is 0 Å². The maximum absolute atomic E-state index is 11.7. The van der Waals surface area contributed by atoms with Gasteiger partial charge in [0, 0.05) is 17.6 Å². The average molecular weight is 237 g/mol. The second kappa shape index (κ2) is 3.23. The molecule has 1 aromatic rings. The van der Waals surface area contributed by atoms with E-state index in [9.17, 15) is 8.42 Å². The summed E-state index contributed by atoms with van der Waals surface area (Å²) in [4.78, 5) is 0. The van der Waals surface area contributed by atoms with Gasteiger partial charge >= 0.3 is 0 Å². The highest BCUT2D eigenvalue weighted by Crippen LogP contribution is 2.42. The molecule has 1 saturated heterocycles. The number of rotatable bonds is 0. The van der Waals surface area contributed by atoms with Gasteiger partial charge in [0.2, 0.25) is 0 Å². The van der Waals surface area contributed by atoms with E-state index in [4.69, 9.17) is 0 Å². The summed E-state index contributed by atoms with van der Waals surface area (Å²) in [6.07, 6.45) is 0.737. The zero-order chi connectivity index (χ0) is 11.3. The Bertz CT molecular complexity index is 536. The van der Waals surface area contributed by atoms with Crippen LogP contribution in [-0.2, 0) is 9.84 Å². The minimum atomic E-state index is -2.83. The summed E-state index contributed by atoms with van der Waals surface area (Å²) in [7, 11) is -2.83. The SMILES string of the molecule is Cc1cccc2c1NC1CCS(=O)(=O)CC21. The van der Waals surface area contributed by atoms with Crippen LogP contribution in [0.5, 0.6) is 0 Å². The number of nitrogens with one attached hydrogen (secondary N) is 1. The molecule has 1 aromatic carbocycles. The van der Waals surface area contributed by atoms with Gasteiger partial charge in [-0.25, -0.2) is 8.42 Å². The summed E-state index contributed by atoms with van der Waals surface area (Å²) in [6.45, 7) is 2.07. The lowest BCUT2D eigenvalue weighted by atomic mass is 9.94. The lowest BCUT2D eigenvalue weighted by Gasteiger charge is -2.25. The Morgan fingerprint density at radius 2 is 2.19 bits per heavy atom. The topological polar surface area (TPSA) is 46.2 Å². The zero-order valence-corrected chi connectivity index (χ0v) is 10.0. The Morgan fingerprint density at radius 1 is 1.38 bits per heavy atom. The van der Waals surface area contributed by atoms with Gasteiger partial charge in [-0.2, -0.15) is 0 Å². The van der Waals surface area contributed by atoms with Crippen LogP contribution >= 0.6 is 0 Å². The predicted molar refractivity (Wildman–Crippen MR) is 64.6 cm³/mol. The fraction of sp³-hybridized carbons (Fsp3) is 0.500. The van der Waals surface area contributed by atoms with Crippen LogP contribution in [0.25, 0.3) is 0 Å². The fourth-order valence-electron chi connectivity index (χ4n) is 2.84. The van der Waals surface area contributed by atoms with Crippen molar-refractivity contribution in [2.24, 2.45) is 0 Å². The van der Waals surface area contributed by atoms with Crippen molar-refractivity contribution in [3.8, 4) is 0 Å². The van der Waals surface area contributed by atoms with Gasteiger partial charge in [-0.05, 0) is 24.5 Å². The fourth-order valence-corrected chi connectivity index (χ4v) is 4.58. The zero-order valence-electron chi connectivity index (χ0n) is 9.23. The van der Waals surface area contributed by atoms with E-state index in [2.05, 4.69) is 24.4 Å². The molecule has 2 aliphatic heterocycles. The van der Waals surface area contributed by atoms with Gasteiger partial charge in [-0.1, -0.05) is 18.2 Å². The average Bonchev–Trinajstić information content (AvgIpc) is 2.57. The molecule has 16 heavy (non-hydrogen) atoms. The Kier molecular flexibility index (Phi) is 2.05. The molecule has 3 rings (SSSR count). The summed E-state index contributed by atoms with van der Waals surface area (Å²) in [6, 6.07) is 6.46. The Hall–Kier alpha value is -1.03. The third-order valence-electron chi connectivity index (χ3n) is 3.69. The third kappa shape index (κ3) is 1.44. The summed E-state index contributed by atoms with van der Waals surface area (Å²) in [5.74, 6) is 0.795. The number of aryl methyl sites for hydroxylation is 1. The molecule has 1 fully saturated rings. The number of para-hydroxylation sites is 1. The normalized spacial score (nSPS) is 30.3. The van der Waals surface area contributed by atoms with E-state index < -0.39 is 9.84 Å². The van der Waals surface area contributed by atoms with Crippen LogP contribution in [0.15, 0.2) is 18.2 Å². The minimum Gasteiger partial charge on any atom is -0.381 e. The highest BCUT2D eigenvalue weighted by atomic mass is 32.2. The van der Waals surface area contributed by atoms with Gasteiger partial charge in [0.05, 0.1) is 11.5 Å². The molecule has 0 amide bonds. The first-order valence-corrected chi connectivity index (χ1v) is 7.45. The molecule has 2 unspecified atom stereocenters. The number of anilines is 1. The third-order valence-corrected chi connectivity index (χ3v) is 5.42. The molecule has 4 heteroatoms. The van der Waals surface area contributed by atoms with Gasteiger partial charge in [0.15, 0.2) is 9.84 Å². The lowest BCUT2D eigenvalue weighted by molar-refractivity contribution is 0.539. The maximum Gasteiger partial charge on any atom is 0.151 e. The van der Waals surface area contributed by atoms with Crippen molar-refractivity contribution in [3.63, 3.8) is 0 Å². The summed E-state index contributed by atoms with van der Waals surface area (Å²) in [5, 5.41) is 3.48. The number of sulfone groups is 1. The predicted octanol–water partition coefficient (Wildman–Crippen LogP) is 1.69. The van der Waals surface area contributed by atoms with Crippen molar-refractivity contribution in [2.45, 2.75) is 25.3 Å². The maximum atomic E-state index is 11.7. The standard InChI is InChI=1S/C12H15NO2S/c1-8-3-2-4-9-10-7-16(14,15)6-5-11(10)13-12(8)9/h2-4,10-11,13H,5-7H2,1H3. The number of fused-ring (bicyclic) bond motifs is 3. The van der Waals surface area contributed by atoms with E-state index in [-0.39, 0.29) is 5.92 Å². The van der Waals surface area contributed by atoms with Crippen molar-refractivity contribution in [2.75, 3.05) is 16.8 Å². The molecule has 0 aliphatic carbocycles. The first-order valence-electron chi connectivity index (χ1n) is 5.63. The smallest absolute Gasteiger partial charge is 0.151 e. The molecule has 0 bridgehead atoms. The van der Waals surface area contributed by atoms with E-state index in [1.54, 1.807) is 0 Å². The van der Waals surface area contributed by atoms with Gasteiger partial charge in [-0.3, -0.25) is 0 Å². The van der Waals surface area contributed by atoms with E-state index in [1.165, 1.54) is 11.1 Å². The van der Waals surface area contributed by atoms with Crippen LogP contribution < -0.4 is 5.32 Å². The van der Waals surface area contributed by atoms with Crippen LogP contribution in [0.4, 0.5) is 5.69 Å². The van der Waals surface area contributed by atoms with E-state index in [1.807, 2.05) is 6.07 Å². The quantitative estimate of drug-likeness (QED) is 0.747. The first kappa shape index (κ1) is 10.1. The molecule has 0 saturated carbocycles. The van der Waals surface area contributed by atoms with E-state index >= 15 is 0 Å². The van der Waals surface area contributed by atoms with Gasteiger partial charge in [0.25, 0.3) is 0 Å². The first-order chi connectivity index (χ1) is 7.57. The summed E-state index contributed by atoms with van der Waals surface area (Å²) >= 11 is 0. The highest BCUT2D eigenvalue weighted by molar-refractivity contribution is 7.91. The molecular weight excluding hydrogens is 222 g/mol. The number of benzene rings is 1. The largest absolute Gasteiger partial charge is 0.381 e. The van der Waals surface area contributed by atoms with Crippen LogP contribution in [0.3, 0.4) is 0 Å². The van der Waals surface area contributed by atoms with Gasteiger partial charge in [0.1, 0.15) is 0 Å². The second-order valence-corrected chi connectivity index (χ2v) is 7.03. The number of hydrogen-bond acceptors (Lipinski definition) is 3. The molecular formula is C12H15NO2S. The van der Waals surface area contributed by atoms with Crippen LogP contribution in [0.1, 0.15) is 23.5 Å². The van der Waals surface area contributed by atoms with Crippen molar-refractivity contribution in [3.05, 3.63) is 29.3 Å². The van der Waals surface area contributed by atoms with E-state index in [0.717, 1.165) is 12.1 Å². The van der Waals surface area contributed by atoms with Crippen molar-refractivity contribution in [1.29, 1.82) is 0 Å². The van der Waals surface area contributed by atoms with E-state index in [0.29, 0.717) is 17.5 Å². The minimum absolute atomic E-state index is 0.161. The van der Waals surface area contributed by atoms with Crippen molar-refractivity contribution in [1.82, 2.24) is 0 Å². The second-order valence-electron chi connectivity index (χ2n) is 4.80. The van der Waals surface area contributed by atoms with Crippen LogP contribution in [0.2, 0.25) is 0 Å². The Labute approximate surface area is 95.8 Å². The van der Waals surface area contributed by atoms with Crippen molar-refractivity contribution >= 4 is 15.5 Å². The molecule has 1 N–H and O–H groups in total. The molecule has 86 valence electrons. The Morgan fingerprint density at radius 3 is 3.00 bits per heavy atom. The van der Waals surface area contributed by atoms with Crippen LogP contribution in [-0.4, -0.2) is 26.0 Å². The molecule has 0 radical (unpaired) electrons. The molecule has 2 heterocycles. The lowest BCUT2D eigenvalue weighted by Crippen LogP contribution is -2.35. The highest BCUT2D eigenvalue weighted by Gasteiger charge is 2.39. The molecule has 3 nitrogen and oxygen atoms in total. The molecule has 2 atom stereocenters. The summed E-state index contributed by atoms with van der Waals surface area (Å²) < 4.78 is 23.3. The van der Waals surface area contributed by atoms with Crippen LogP contribution in [0, 0.1) is 6.92 Å². The van der Waals surface area contributed by atoms with Crippen molar-refractivity contribution < 1.29 is 8.42 Å². The number of hydrogen-bond donors (Lipinski definition) is 1.